The largest absolute Gasteiger partial charge is 0.490 e. The molecule has 0 saturated carbocycles. The van der Waals surface area contributed by atoms with Crippen LogP contribution >= 0.6 is 0 Å². The minimum Gasteiger partial charge on any atom is -0.490 e. The summed E-state index contributed by atoms with van der Waals surface area (Å²) >= 11 is 0. The third-order valence-corrected chi connectivity index (χ3v) is 10.5. The lowest BCUT2D eigenvalue weighted by Crippen LogP contribution is -2.15. The SMILES string of the molecule is CCCCCCOc1cc2c3cc(OCCCCCC)c(OCCCCCC)cc3c3cc(C(=O)OCCC)c(C(=O)OCCC)cc3c2cc1OCCCCCC. The number of carbonyl (C=O) groups excluding carboxylic acids is 2. The lowest BCUT2D eigenvalue weighted by molar-refractivity contribution is 0.0458. The van der Waals surface area contributed by atoms with E-state index in [9.17, 15) is 9.59 Å². The summed E-state index contributed by atoms with van der Waals surface area (Å²) in [5, 5.41) is 5.22. The summed E-state index contributed by atoms with van der Waals surface area (Å²) < 4.78 is 37.5. The van der Waals surface area contributed by atoms with Crippen LogP contribution in [0.4, 0.5) is 0 Å². The number of esters is 2. The van der Waals surface area contributed by atoms with Crippen LogP contribution in [0.3, 0.4) is 0 Å². The summed E-state index contributed by atoms with van der Waals surface area (Å²) in [6.45, 7) is 15.5. The standard InChI is InChI=1S/C50H72O8/c1-7-13-17-21-27-53-45-33-39-37-31-43(49(51)57-25-11-5)44(50(52)58-26-12-6)32-38(37)40-34-46(54-28-22-18-14-8-2)48(56-30-24-20-16-10-4)36-42(40)41(39)35-47(45)55-29-23-19-15-9-3/h31-36H,7-30H2,1-6H3. The van der Waals surface area contributed by atoms with Crippen molar-refractivity contribution in [1.82, 2.24) is 0 Å². The minimum atomic E-state index is -0.553. The first kappa shape index (κ1) is 46.5. The Morgan fingerprint density at radius 3 is 0.828 bits per heavy atom. The van der Waals surface area contributed by atoms with Gasteiger partial charge in [0.1, 0.15) is 0 Å². The van der Waals surface area contributed by atoms with Crippen molar-refractivity contribution in [3.63, 3.8) is 0 Å². The normalized spacial score (nSPS) is 11.3. The van der Waals surface area contributed by atoms with Gasteiger partial charge in [0.2, 0.25) is 0 Å². The van der Waals surface area contributed by atoms with E-state index in [0.717, 1.165) is 122 Å². The Morgan fingerprint density at radius 2 is 0.586 bits per heavy atom. The van der Waals surface area contributed by atoms with Gasteiger partial charge in [-0.15, -0.1) is 0 Å². The van der Waals surface area contributed by atoms with E-state index in [1.54, 1.807) is 12.1 Å². The molecule has 320 valence electrons. The summed E-state index contributed by atoms with van der Waals surface area (Å²) in [5.41, 5.74) is 0.362. The number of fused-ring (bicyclic) bond motifs is 6. The van der Waals surface area contributed by atoms with E-state index < -0.39 is 11.9 Å². The molecule has 0 fully saturated rings. The molecule has 0 aliphatic carbocycles. The highest BCUT2D eigenvalue weighted by molar-refractivity contribution is 6.28. The van der Waals surface area contributed by atoms with Crippen molar-refractivity contribution >= 4 is 44.3 Å². The average molecular weight is 801 g/mol. The third kappa shape index (κ3) is 13.4. The van der Waals surface area contributed by atoms with Gasteiger partial charge in [-0.05, 0) is 107 Å². The van der Waals surface area contributed by atoms with E-state index in [0.29, 0.717) is 62.3 Å². The second kappa shape index (κ2) is 26.0. The summed E-state index contributed by atoms with van der Waals surface area (Å²) in [6.07, 6.45) is 18.8. The fourth-order valence-electron chi connectivity index (χ4n) is 7.23. The number of hydrogen-bond donors (Lipinski definition) is 0. The molecule has 58 heavy (non-hydrogen) atoms. The lowest BCUT2D eigenvalue weighted by atomic mass is 9.90. The van der Waals surface area contributed by atoms with Gasteiger partial charge in [-0.2, -0.15) is 0 Å². The van der Waals surface area contributed by atoms with E-state index in [-0.39, 0.29) is 24.3 Å². The van der Waals surface area contributed by atoms with Crippen molar-refractivity contribution in [3.8, 4) is 23.0 Å². The number of benzene rings is 4. The fourth-order valence-corrected chi connectivity index (χ4v) is 7.23. The molecule has 8 nitrogen and oxygen atoms in total. The second-order valence-corrected chi connectivity index (χ2v) is 15.5. The monoisotopic (exact) mass is 801 g/mol. The molecule has 0 atom stereocenters. The Balaban J connectivity index is 2.04. The molecule has 0 amide bonds. The molecule has 4 rings (SSSR count). The molecule has 0 spiro atoms. The third-order valence-electron chi connectivity index (χ3n) is 10.5. The average Bonchev–Trinajstić information content (AvgIpc) is 3.24. The molecule has 0 saturated heterocycles. The quantitative estimate of drug-likeness (QED) is 0.0293. The molecular weight excluding hydrogens is 729 g/mol. The maximum atomic E-state index is 13.7. The van der Waals surface area contributed by atoms with Crippen LogP contribution in [0.1, 0.15) is 178 Å². The van der Waals surface area contributed by atoms with Crippen LogP contribution in [-0.4, -0.2) is 51.6 Å². The van der Waals surface area contributed by atoms with Crippen molar-refractivity contribution in [2.75, 3.05) is 39.6 Å². The molecule has 0 bridgehead atoms. The van der Waals surface area contributed by atoms with Crippen molar-refractivity contribution in [2.24, 2.45) is 0 Å². The van der Waals surface area contributed by atoms with Crippen LogP contribution in [0.2, 0.25) is 0 Å². The molecular formula is C50H72O8. The molecule has 8 heteroatoms. The van der Waals surface area contributed by atoms with Gasteiger partial charge in [0, 0.05) is 0 Å². The van der Waals surface area contributed by atoms with E-state index in [1.807, 2.05) is 13.8 Å². The Hall–Kier alpha value is -4.20. The van der Waals surface area contributed by atoms with Crippen LogP contribution in [0.5, 0.6) is 23.0 Å². The Morgan fingerprint density at radius 1 is 0.328 bits per heavy atom. The smallest absolute Gasteiger partial charge is 0.339 e. The zero-order valence-corrected chi connectivity index (χ0v) is 36.7. The van der Waals surface area contributed by atoms with Crippen molar-refractivity contribution in [2.45, 2.75) is 157 Å². The topological polar surface area (TPSA) is 89.5 Å². The van der Waals surface area contributed by atoms with Gasteiger partial charge >= 0.3 is 11.9 Å². The summed E-state index contributed by atoms with van der Waals surface area (Å²) in [7, 11) is 0. The minimum absolute atomic E-state index is 0.181. The summed E-state index contributed by atoms with van der Waals surface area (Å²) in [5.74, 6) is 1.62. The highest BCUT2D eigenvalue weighted by Crippen LogP contribution is 2.45. The summed E-state index contributed by atoms with van der Waals surface area (Å²) in [6, 6.07) is 11.9. The number of unbranched alkanes of at least 4 members (excludes halogenated alkanes) is 12. The van der Waals surface area contributed by atoms with Gasteiger partial charge in [0.05, 0.1) is 50.8 Å². The molecule has 4 aromatic rings. The van der Waals surface area contributed by atoms with Crippen molar-refractivity contribution in [1.29, 1.82) is 0 Å². The van der Waals surface area contributed by atoms with Crippen LogP contribution in [0, 0.1) is 0 Å². The van der Waals surface area contributed by atoms with E-state index in [4.69, 9.17) is 28.4 Å². The molecule has 4 aromatic carbocycles. The maximum absolute atomic E-state index is 13.7. The van der Waals surface area contributed by atoms with E-state index in [1.165, 1.54) is 12.8 Å². The molecule has 0 N–H and O–H groups in total. The van der Waals surface area contributed by atoms with Gasteiger partial charge in [-0.1, -0.05) is 119 Å². The fraction of sp³-hybridized carbons (Fsp3) is 0.600. The Labute approximate surface area is 348 Å². The van der Waals surface area contributed by atoms with Crippen LogP contribution in [0.25, 0.3) is 32.3 Å². The first-order valence-corrected chi connectivity index (χ1v) is 22.8. The van der Waals surface area contributed by atoms with Crippen LogP contribution < -0.4 is 18.9 Å². The summed E-state index contributed by atoms with van der Waals surface area (Å²) in [4.78, 5) is 27.5. The molecule has 0 heterocycles. The molecule has 0 radical (unpaired) electrons. The molecule has 0 aromatic heterocycles. The highest BCUT2D eigenvalue weighted by atomic mass is 16.5. The Kier molecular flexibility index (Phi) is 20.9. The van der Waals surface area contributed by atoms with Gasteiger partial charge in [-0.25, -0.2) is 9.59 Å². The maximum Gasteiger partial charge on any atom is 0.339 e. The van der Waals surface area contributed by atoms with Crippen LogP contribution in [0.15, 0.2) is 36.4 Å². The predicted molar refractivity (Wildman–Crippen MR) is 239 cm³/mol. The number of hydrogen-bond acceptors (Lipinski definition) is 8. The van der Waals surface area contributed by atoms with Gasteiger partial charge < -0.3 is 28.4 Å². The van der Waals surface area contributed by atoms with Crippen molar-refractivity contribution < 1.29 is 38.0 Å². The van der Waals surface area contributed by atoms with Crippen molar-refractivity contribution in [3.05, 3.63) is 47.5 Å². The highest BCUT2D eigenvalue weighted by Gasteiger charge is 2.25. The van der Waals surface area contributed by atoms with E-state index in [2.05, 4.69) is 52.0 Å². The second-order valence-electron chi connectivity index (χ2n) is 15.5. The zero-order chi connectivity index (χ0) is 41.5. The molecule has 0 aliphatic rings. The molecule has 0 aliphatic heterocycles. The Bertz CT molecular complexity index is 1730. The lowest BCUT2D eigenvalue weighted by Gasteiger charge is -2.20. The van der Waals surface area contributed by atoms with Gasteiger partial charge in [-0.3, -0.25) is 0 Å². The number of ether oxygens (including phenoxy) is 6. The number of rotatable bonds is 30. The predicted octanol–water partition coefficient (Wildman–Crippen LogP) is 14.1. The first-order chi connectivity index (χ1) is 28.4. The van der Waals surface area contributed by atoms with Gasteiger partial charge in [0.25, 0.3) is 0 Å². The number of carbonyl (C=O) groups is 2. The molecule has 0 unspecified atom stereocenters. The first-order valence-electron chi connectivity index (χ1n) is 22.8. The zero-order valence-electron chi connectivity index (χ0n) is 36.7. The van der Waals surface area contributed by atoms with E-state index >= 15 is 0 Å². The van der Waals surface area contributed by atoms with Gasteiger partial charge in [0.15, 0.2) is 23.0 Å². The van der Waals surface area contributed by atoms with Crippen LogP contribution in [-0.2, 0) is 9.47 Å².